The first-order valence-corrected chi connectivity index (χ1v) is 7.82. The molecule has 0 heterocycles. The van der Waals surface area contributed by atoms with Gasteiger partial charge >= 0.3 is 12.0 Å². The van der Waals surface area contributed by atoms with Gasteiger partial charge in [0.25, 0.3) is 0 Å². The van der Waals surface area contributed by atoms with Crippen LogP contribution in [0.25, 0.3) is 0 Å². The number of nitrogens with one attached hydrogen (secondary N) is 1. The molecule has 0 saturated carbocycles. The van der Waals surface area contributed by atoms with Gasteiger partial charge in [-0.3, -0.25) is 4.79 Å². The standard InChI is InChI=1S/C17H26N2O4/c1-19(12-11-16(20)21)17(22)18-15(10-6-7-13-23-2)14-8-4-3-5-9-14/h3-5,8-9,15H,6-7,10-13H2,1-2H3,(H,18,22)(H,20,21). The first-order valence-electron chi connectivity index (χ1n) is 7.82. The molecule has 1 aromatic carbocycles. The number of amides is 2. The van der Waals surface area contributed by atoms with Crippen molar-refractivity contribution in [2.45, 2.75) is 31.7 Å². The Kier molecular flexibility index (Phi) is 8.75. The van der Waals surface area contributed by atoms with Gasteiger partial charge in [0.1, 0.15) is 0 Å². The van der Waals surface area contributed by atoms with Gasteiger partial charge in [0.15, 0.2) is 0 Å². The summed E-state index contributed by atoms with van der Waals surface area (Å²) in [5, 5.41) is 11.7. The van der Waals surface area contributed by atoms with Gasteiger partial charge in [-0.2, -0.15) is 0 Å². The second-order valence-electron chi connectivity index (χ2n) is 5.47. The summed E-state index contributed by atoms with van der Waals surface area (Å²) in [6.45, 7) is 0.889. The molecule has 0 aliphatic heterocycles. The van der Waals surface area contributed by atoms with Crippen molar-refractivity contribution >= 4 is 12.0 Å². The molecule has 0 radical (unpaired) electrons. The van der Waals surface area contributed by atoms with E-state index in [1.54, 1.807) is 14.2 Å². The van der Waals surface area contributed by atoms with Gasteiger partial charge in [-0.1, -0.05) is 30.3 Å². The van der Waals surface area contributed by atoms with Crippen molar-refractivity contribution in [1.29, 1.82) is 0 Å². The number of aliphatic carboxylic acids is 1. The fourth-order valence-electron chi connectivity index (χ4n) is 2.23. The van der Waals surface area contributed by atoms with E-state index in [0.29, 0.717) is 6.61 Å². The predicted octanol–water partition coefficient (Wildman–Crippen LogP) is 2.66. The van der Waals surface area contributed by atoms with Crippen molar-refractivity contribution in [2.75, 3.05) is 27.3 Å². The highest BCUT2D eigenvalue weighted by Crippen LogP contribution is 2.19. The van der Waals surface area contributed by atoms with Crippen molar-refractivity contribution in [2.24, 2.45) is 0 Å². The Labute approximate surface area is 137 Å². The maximum Gasteiger partial charge on any atom is 0.317 e. The predicted molar refractivity (Wildman–Crippen MR) is 88.3 cm³/mol. The number of carboxylic acid groups (broad SMARTS) is 1. The number of unbranched alkanes of at least 4 members (excludes halogenated alkanes) is 1. The second kappa shape index (κ2) is 10.6. The molecular weight excluding hydrogens is 296 g/mol. The summed E-state index contributed by atoms with van der Waals surface area (Å²) in [6, 6.07) is 9.44. The van der Waals surface area contributed by atoms with Crippen LogP contribution in [-0.4, -0.2) is 49.3 Å². The lowest BCUT2D eigenvalue weighted by Gasteiger charge is -2.24. The van der Waals surface area contributed by atoms with Crippen LogP contribution in [0.15, 0.2) is 30.3 Å². The van der Waals surface area contributed by atoms with E-state index in [1.807, 2.05) is 30.3 Å². The minimum Gasteiger partial charge on any atom is -0.481 e. The number of benzene rings is 1. The number of ether oxygens (including phenoxy) is 1. The van der Waals surface area contributed by atoms with Crippen LogP contribution in [0, 0.1) is 0 Å². The fraction of sp³-hybridized carbons (Fsp3) is 0.529. The summed E-state index contributed by atoms with van der Waals surface area (Å²) in [5.41, 5.74) is 1.05. The molecule has 23 heavy (non-hydrogen) atoms. The summed E-state index contributed by atoms with van der Waals surface area (Å²) in [5.74, 6) is -0.913. The van der Waals surface area contributed by atoms with Crippen molar-refractivity contribution in [3.05, 3.63) is 35.9 Å². The summed E-state index contributed by atoms with van der Waals surface area (Å²) in [4.78, 5) is 24.2. The quantitative estimate of drug-likeness (QED) is 0.649. The Morgan fingerprint density at radius 3 is 2.57 bits per heavy atom. The molecule has 1 atom stereocenters. The van der Waals surface area contributed by atoms with Gasteiger partial charge < -0.3 is 20.1 Å². The van der Waals surface area contributed by atoms with Gasteiger partial charge in [0.2, 0.25) is 0 Å². The summed E-state index contributed by atoms with van der Waals surface area (Å²) >= 11 is 0. The summed E-state index contributed by atoms with van der Waals surface area (Å²) in [7, 11) is 3.28. The number of methoxy groups -OCH3 is 1. The van der Waals surface area contributed by atoms with E-state index in [1.165, 1.54) is 4.90 Å². The third-order valence-corrected chi connectivity index (χ3v) is 3.60. The van der Waals surface area contributed by atoms with Crippen LogP contribution in [0.3, 0.4) is 0 Å². The average molecular weight is 322 g/mol. The molecule has 0 fully saturated rings. The number of carboxylic acids is 1. The number of carbonyl (C=O) groups excluding carboxylic acids is 1. The number of carbonyl (C=O) groups is 2. The highest BCUT2D eigenvalue weighted by Gasteiger charge is 2.17. The largest absolute Gasteiger partial charge is 0.481 e. The van der Waals surface area contributed by atoms with Crippen molar-refractivity contribution in [3.63, 3.8) is 0 Å². The van der Waals surface area contributed by atoms with Crippen LogP contribution >= 0.6 is 0 Å². The zero-order chi connectivity index (χ0) is 17.1. The SMILES string of the molecule is COCCCCC(NC(=O)N(C)CCC(=O)O)c1ccccc1. The molecule has 6 nitrogen and oxygen atoms in total. The van der Waals surface area contributed by atoms with Gasteiger partial charge in [0, 0.05) is 27.3 Å². The molecule has 1 unspecified atom stereocenters. The average Bonchev–Trinajstić information content (AvgIpc) is 2.56. The lowest BCUT2D eigenvalue weighted by atomic mass is 10.0. The first-order chi connectivity index (χ1) is 11.0. The zero-order valence-corrected chi connectivity index (χ0v) is 13.8. The third-order valence-electron chi connectivity index (χ3n) is 3.60. The number of rotatable bonds is 10. The molecule has 2 N–H and O–H groups in total. The van der Waals surface area contributed by atoms with Crippen LogP contribution < -0.4 is 5.32 Å². The Bertz CT molecular complexity index is 479. The Hall–Kier alpha value is -2.08. The highest BCUT2D eigenvalue weighted by atomic mass is 16.5. The fourth-order valence-corrected chi connectivity index (χ4v) is 2.23. The van der Waals surface area contributed by atoms with Crippen LogP contribution in [0.1, 0.15) is 37.3 Å². The Balaban J connectivity index is 2.61. The molecule has 2 amide bonds. The molecule has 6 heteroatoms. The molecule has 128 valence electrons. The normalized spacial score (nSPS) is 11.7. The Morgan fingerprint density at radius 2 is 1.96 bits per heavy atom. The smallest absolute Gasteiger partial charge is 0.317 e. The molecule has 0 aliphatic carbocycles. The lowest BCUT2D eigenvalue weighted by molar-refractivity contribution is -0.137. The number of hydrogen-bond donors (Lipinski definition) is 2. The van der Waals surface area contributed by atoms with E-state index in [2.05, 4.69) is 5.32 Å². The van der Waals surface area contributed by atoms with Crippen molar-refractivity contribution < 1.29 is 19.4 Å². The topological polar surface area (TPSA) is 78.9 Å². The molecule has 1 rings (SSSR count). The van der Waals surface area contributed by atoms with E-state index in [0.717, 1.165) is 24.8 Å². The maximum atomic E-state index is 12.2. The summed E-state index contributed by atoms with van der Waals surface area (Å²) in [6.07, 6.45) is 2.62. The van der Waals surface area contributed by atoms with E-state index < -0.39 is 5.97 Å². The number of nitrogens with zero attached hydrogens (tertiary/aromatic N) is 1. The van der Waals surface area contributed by atoms with E-state index in [-0.39, 0.29) is 25.0 Å². The van der Waals surface area contributed by atoms with Crippen LogP contribution in [-0.2, 0) is 9.53 Å². The maximum absolute atomic E-state index is 12.2. The van der Waals surface area contributed by atoms with E-state index >= 15 is 0 Å². The van der Waals surface area contributed by atoms with Gasteiger partial charge in [0.05, 0.1) is 12.5 Å². The van der Waals surface area contributed by atoms with Gasteiger partial charge in [-0.15, -0.1) is 0 Å². The first kappa shape index (κ1) is 19.0. The Morgan fingerprint density at radius 1 is 1.26 bits per heavy atom. The molecule has 0 bridgehead atoms. The molecule has 0 spiro atoms. The van der Waals surface area contributed by atoms with Crippen LogP contribution in [0.4, 0.5) is 4.79 Å². The summed E-state index contributed by atoms with van der Waals surface area (Å²) < 4.78 is 5.05. The third kappa shape index (κ3) is 7.65. The minimum absolute atomic E-state index is 0.0617. The van der Waals surface area contributed by atoms with Gasteiger partial charge in [-0.25, -0.2) is 4.79 Å². The van der Waals surface area contributed by atoms with E-state index in [9.17, 15) is 9.59 Å². The van der Waals surface area contributed by atoms with Crippen LogP contribution in [0.2, 0.25) is 0 Å². The lowest BCUT2D eigenvalue weighted by Crippen LogP contribution is -2.40. The van der Waals surface area contributed by atoms with Gasteiger partial charge in [-0.05, 0) is 24.8 Å². The monoisotopic (exact) mass is 322 g/mol. The molecule has 0 saturated heterocycles. The molecule has 0 aliphatic rings. The van der Waals surface area contributed by atoms with E-state index in [4.69, 9.17) is 9.84 Å². The van der Waals surface area contributed by atoms with Crippen molar-refractivity contribution in [3.8, 4) is 0 Å². The molecular formula is C17H26N2O4. The van der Waals surface area contributed by atoms with Crippen LogP contribution in [0.5, 0.6) is 0 Å². The number of hydrogen-bond acceptors (Lipinski definition) is 3. The molecule has 1 aromatic rings. The highest BCUT2D eigenvalue weighted by molar-refractivity contribution is 5.75. The van der Waals surface area contributed by atoms with Crippen molar-refractivity contribution in [1.82, 2.24) is 10.2 Å². The molecule has 0 aromatic heterocycles. The minimum atomic E-state index is -0.913. The second-order valence-corrected chi connectivity index (χ2v) is 5.47. The number of urea groups is 1. The zero-order valence-electron chi connectivity index (χ0n) is 13.8.